The van der Waals surface area contributed by atoms with Crippen molar-refractivity contribution < 1.29 is 37.3 Å². The Balaban J connectivity index is 5.25. The van der Waals surface area contributed by atoms with Gasteiger partial charge in [0.2, 0.25) is 0 Å². The zero-order valence-corrected chi connectivity index (χ0v) is 11.4. The molecule has 20 heavy (non-hydrogen) atoms. The van der Waals surface area contributed by atoms with Crippen LogP contribution in [0.4, 0.5) is 13.2 Å². The summed E-state index contributed by atoms with van der Waals surface area (Å²) in [6, 6.07) is 0. The number of carbonyl (C=O) groups excluding carboxylic acids is 2. The van der Waals surface area contributed by atoms with E-state index in [1.807, 2.05) is 0 Å². The highest BCUT2D eigenvalue weighted by atomic mass is 19.4. The van der Waals surface area contributed by atoms with E-state index in [4.69, 9.17) is 0 Å². The van der Waals surface area contributed by atoms with Gasteiger partial charge in [-0.3, -0.25) is 0 Å². The van der Waals surface area contributed by atoms with Crippen LogP contribution in [0.3, 0.4) is 0 Å². The smallest absolute Gasteiger partial charge is 0.428 e. The molecule has 0 saturated heterocycles. The maximum atomic E-state index is 12.9. The molecule has 2 atom stereocenters. The Kier molecular flexibility index (Phi) is 6.70. The summed E-state index contributed by atoms with van der Waals surface area (Å²) in [6.45, 7) is 3.53. The molecule has 1 N–H and O–H groups in total. The van der Waals surface area contributed by atoms with Crippen molar-refractivity contribution in [3.05, 3.63) is 12.2 Å². The molecule has 0 rings (SSSR count). The highest BCUT2D eigenvalue weighted by Crippen LogP contribution is 2.38. The van der Waals surface area contributed by atoms with Gasteiger partial charge in [0.15, 0.2) is 0 Å². The molecule has 0 amide bonds. The van der Waals surface area contributed by atoms with Crippen LogP contribution in [-0.2, 0) is 19.1 Å². The molecular weight excluding hydrogens is 281 g/mol. The number of hydrogen-bond acceptors (Lipinski definition) is 5. The maximum absolute atomic E-state index is 12.9. The van der Waals surface area contributed by atoms with E-state index in [1.54, 1.807) is 0 Å². The van der Waals surface area contributed by atoms with Crippen LogP contribution in [0.2, 0.25) is 0 Å². The van der Waals surface area contributed by atoms with Gasteiger partial charge < -0.3 is 14.6 Å². The molecule has 5 nitrogen and oxygen atoms in total. The van der Waals surface area contributed by atoms with Crippen molar-refractivity contribution in [2.45, 2.75) is 32.5 Å². The largest absolute Gasteiger partial charge is 0.464 e. The number of carbonyl (C=O) groups is 2. The predicted molar refractivity (Wildman–Crippen MR) is 62.6 cm³/mol. The highest BCUT2D eigenvalue weighted by Gasteiger charge is 2.63. The Bertz CT molecular complexity index is 378. The Morgan fingerprint density at radius 1 is 1.20 bits per heavy atom. The van der Waals surface area contributed by atoms with Crippen molar-refractivity contribution in [1.29, 1.82) is 0 Å². The number of halogens is 3. The van der Waals surface area contributed by atoms with E-state index in [-0.39, 0.29) is 13.2 Å². The summed E-state index contributed by atoms with van der Waals surface area (Å²) in [5, 5.41) is 9.66. The predicted octanol–water partition coefficient (Wildman–Crippen LogP) is 1.60. The van der Waals surface area contributed by atoms with E-state index in [0.29, 0.717) is 0 Å². The maximum Gasteiger partial charge on any atom is 0.428 e. The highest BCUT2D eigenvalue weighted by molar-refractivity contribution is 5.83. The average Bonchev–Trinajstić information content (AvgIpc) is 2.34. The average molecular weight is 298 g/mol. The summed E-state index contributed by atoms with van der Waals surface area (Å²) < 4.78 is 47.4. The molecule has 8 heteroatoms. The summed E-state index contributed by atoms with van der Waals surface area (Å²) in [5.74, 6) is -4.40. The number of alkyl halides is 3. The first-order valence-corrected chi connectivity index (χ1v) is 5.92. The van der Waals surface area contributed by atoms with Gasteiger partial charge in [0, 0.05) is 12.0 Å². The zero-order chi connectivity index (χ0) is 16.0. The molecule has 0 aromatic carbocycles. The summed E-state index contributed by atoms with van der Waals surface area (Å²) in [6.07, 6.45) is -3.76. The summed E-state index contributed by atoms with van der Waals surface area (Å²) in [4.78, 5) is 22.4. The van der Waals surface area contributed by atoms with E-state index >= 15 is 0 Å². The lowest BCUT2D eigenvalue weighted by atomic mass is 9.87. The minimum absolute atomic E-state index is 0.0545. The lowest BCUT2D eigenvalue weighted by molar-refractivity contribution is -0.272. The first-order chi connectivity index (χ1) is 9.11. The summed E-state index contributed by atoms with van der Waals surface area (Å²) in [7, 11) is 0. The Morgan fingerprint density at radius 2 is 1.70 bits per heavy atom. The van der Waals surface area contributed by atoms with Crippen LogP contribution in [0.25, 0.3) is 0 Å². The molecule has 0 saturated carbocycles. The third kappa shape index (κ3) is 4.22. The number of aliphatic hydroxyl groups is 1. The molecule has 0 aliphatic rings. The van der Waals surface area contributed by atoms with Gasteiger partial charge in [-0.05, 0) is 13.8 Å². The quantitative estimate of drug-likeness (QED) is 0.595. The lowest BCUT2D eigenvalue weighted by Crippen LogP contribution is -2.57. The van der Waals surface area contributed by atoms with Crippen molar-refractivity contribution in [1.82, 2.24) is 0 Å². The molecule has 0 bridgehead atoms. The lowest BCUT2D eigenvalue weighted by Gasteiger charge is -2.31. The molecule has 0 spiro atoms. The number of hydrogen-bond donors (Lipinski definition) is 1. The topological polar surface area (TPSA) is 72.8 Å². The molecule has 2 unspecified atom stereocenters. The van der Waals surface area contributed by atoms with Crippen LogP contribution < -0.4 is 0 Å². The normalized spacial score (nSPS) is 16.6. The van der Waals surface area contributed by atoms with Gasteiger partial charge in [-0.25, -0.2) is 9.59 Å². The van der Waals surface area contributed by atoms with Crippen molar-refractivity contribution in [2.75, 3.05) is 13.2 Å². The van der Waals surface area contributed by atoms with Gasteiger partial charge in [0.05, 0.1) is 13.2 Å². The molecule has 116 valence electrons. The van der Waals surface area contributed by atoms with Crippen LogP contribution in [0.15, 0.2) is 12.2 Å². The molecular formula is C12H17F3O5. The molecule has 0 fully saturated rings. The molecule has 0 aromatic heterocycles. The SMILES string of the molecule is CCOC(=O)/C=C/C(C)C(O)(C(=O)OCC)C(F)(F)F. The second-order valence-corrected chi connectivity index (χ2v) is 3.88. The van der Waals surface area contributed by atoms with Gasteiger partial charge in [0.1, 0.15) is 0 Å². The third-order valence-corrected chi connectivity index (χ3v) is 2.49. The van der Waals surface area contributed by atoms with Crippen LogP contribution >= 0.6 is 0 Å². The van der Waals surface area contributed by atoms with E-state index in [2.05, 4.69) is 9.47 Å². The Hall–Kier alpha value is -1.57. The fourth-order valence-electron chi connectivity index (χ4n) is 1.35. The van der Waals surface area contributed by atoms with Crippen LogP contribution in [-0.4, -0.2) is 42.0 Å². The minimum Gasteiger partial charge on any atom is -0.464 e. The van der Waals surface area contributed by atoms with Crippen molar-refractivity contribution in [3.63, 3.8) is 0 Å². The third-order valence-electron chi connectivity index (χ3n) is 2.49. The monoisotopic (exact) mass is 298 g/mol. The van der Waals surface area contributed by atoms with E-state index in [0.717, 1.165) is 19.1 Å². The fraction of sp³-hybridized carbons (Fsp3) is 0.667. The van der Waals surface area contributed by atoms with E-state index in [9.17, 15) is 27.9 Å². The van der Waals surface area contributed by atoms with Crippen molar-refractivity contribution in [2.24, 2.45) is 5.92 Å². The van der Waals surface area contributed by atoms with Crippen LogP contribution in [0, 0.1) is 5.92 Å². The van der Waals surface area contributed by atoms with Crippen LogP contribution in [0.5, 0.6) is 0 Å². The van der Waals surface area contributed by atoms with Gasteiger partial charge >= 0.3 is 18.1 Å². The second kappa shape index (κ2) is 7.28. The van der Waals surface area contributed by atoms with Gasteiger partial charge in [0.25, 0.3) is 5.60 Å². The summed E-state index contributed by atoms with van der Waals surface area (Å²) in [5.41, 5.74) is -3.72. The molecule has 0 aromatic rings. The van der Waals surface area contributed by atoms with Gasteiger partial charge in [-0.15, -0.1) is 0 Å². The van der Waals surface area contributed by atoms with Gasteiger partial charge in [-0.1, -0.05) is 13.0 Å². The van der Waals surface area contributed by atoms with Gasteiger partial charge in [-0.2, -0.15) is 13.2 Å². The van der Waals surface area contributed by atoms with Crippen LogP contribution in [0.1, 0.15) is 20.8 Å². The van der Waals surface area contributed by atoms with Crippen molar-refractivity contribution in [3.8, 4) is 0 Å². The Morgan fingerprint density at radius 3 is 2.10 bits per heavy atom. The molecule has 0 radical (unpaired) electrons. The molecule has 0 aliphatic heterocycles. The zero-order valence-electron chi connectivity index (χ0n) is 11.4. The Labute approximate surface area is 114 Å². The molecule has 0 aliphatic carbocycles. The standard InChI is InChI=1S/C12H17F3O5/c1-4-19-9(16)7-6-8(3)11(18,12(13,14)15)10(17)20-5-2/h6-8,18H,4-5H2,1-3H3/b7-6+. The minimum atomic E-state index is -5.24. The first kappa shape index (κ1) is 18.4. The number of esters is 2. The van der Waals surface area contributed by atoms with Crippen molar-refractivity contribution >= 4 is 11.9 Å². The van der Waals surface area contributed by atoms with E-state index in [1.165, 1.54) is 13.8 Å². The first-order valence-electron chi connectivity index (χ1n) is 5.92. The summed E-state index contributed by atoms with van der Waals surface area (Å²) >= 11 is 0. The number of rotatable bonds is 6. The fourth-order valence-corrected chi connectivity index (χ4v) is 1.35. The molecule has 0 heterocycles. The van der Waals surface area contributed by atoms with E-state index < -0.39 is 29.6 Å². The number of ether oxygens (including phenoxy) is 2. The second-order valence-electron chi connectivity index (χ2n) is 3.88.